The van der Waals surface area contributed by atoms with Crippen molar-refractivity contribution in [1.29, 1.82) is 0 Å². The summed E-state index contributed by atoms with van der Waals surface area (Å²) in [6, 6.07) is 10.3. The predicted molar refractivity (Wildman–Crippen MR) is 128 cm³/mol. The standard InChI is InChI=1S/C27H23NO8/c1-31-19-13-21(33-3)20(32-2)10-14(19)11-22-25(30)16-7-8-18-24(26(16)35-22)17(12-23(29)34-4)15-6-5-9-28-27(15)36-18/h5-11,13,17H,12H2,1-4H3. The lowest BCUT2D eigenvalue weighted by Crippen LogP contribution is -2.16. The number of benzene rings is 2. The molecule has 1 atom stereocenters. The molecule has 3 heterocycles. The molecule has 2 aliphatic heterocycles. The van der Waals surface area contributed by atoms with Gasteiger partial charge in [-0.3, -0.25) is 9.59 Å². The monoisotopic (exact) mass is 489 g/mol. The highest BCUT2D eigenvalue weighted by molar-refractivity contribution is 6.15. The van der Waals surface area contributed by atoms with Crippen molar-refractivity contribution in [3.05, 3.63) is 70.6 Å². The summed E-state index contributed by atoms with van der Waals surface area (Å²) in [6.07, 6.45) is 3.23. The molecule has 2 aliphatic rings. The van der Waals surface area contributed by atoms with Crippen molar-refractivity contribution in [1.82, 2.24) is 4.98 Å². The topological polar surface area (TPSA) is 102 Å². The Bertz CT molecular complexity index is 1410. The zero-order chi connectivity index (χ0) is 25.4. The van der Waals surface area contributed by atoms with Crippen LogP contribution in [0.3, 0.4) is 0 Å². The number of hydrogen-bond donors (Lipinski definition) is 0. The van der Waals surface area contributed by atoms with E-state index in [9.17, 15) is 9.59 Å². The number of allylic oxidation sites excluding steroid dienone is 1. The van der Waals surface area contributed by atoms with Gasteiger partial charge in [0.1, 0.15) is 17.2 Å². The van der Waals surface area contributed by atoms with Crippen LogP contribution >= 0.6 is 0 Å². The average molecular weight is 489 g/mol. The van der Waals surface area contributed by atoms with E-state index < -0.39 is 11.9 Å². The Morgan fingerprint density at radius 2 is 1.75 bits per heavy atom. The van der Waals surface area contributed by atoms with Gasteiger partial charge in [0.2, 0.25) is 11.7 Å². The summed E-state index contributed by atoms with van der Waals surface area (Å²) in [6.45, 7) is 0. The molecule has 0 aliphatic carbocycles. The number of Topliss-reactive ketones (excluding diaryl/α,β-unsaturated/α-hetero) is 1. The maximum absolute atomic E-state index is 13.4. The molecular formula is C27H23NO8. The van der Waals surface area contributed by atoms with Crippen molar-refractivity contribution in [2.75, 3.05) is 28.4 Å². The Labute approximate surface area is 207 Å². The van der Waals surface area contributed by atoms with Crippen LogP contribution in [0.1, 0.15) is 39.4 Å². The summed E-state index contributed by atoms with van der Waals surface area (Å²) in [5.74, 6) is 1.55. The molecule has 3 aromatic rings. The van der Waals surface area contributed by atoms with Crippen LogP contribution in [0.25, 0.3) is 6.08 Å². The fourth-order valence-electron chi connectivity index (χ4n) is 4.46. The first kappa shape index (κ1) is 23.2. The third-order valence-electron chi connectivity index (χ3n) is 6.19. The number of methoxy groups -OCH3 is 4. The van der Waals surface area contributed by atoms with Gasteiger partial charge in [-0.2, -0.15) is 0 Å². The highest BCUT2D eigenvalue weighted by Crippen LogP contribution is 2.52. The smallest absolute Gasteiger partial charge is 0.306 e. The fraction of sp³-hybridized carbons (Fsp3) is 0.222. The summed E-state index contributed by atoms with van der Waals surface area (Å²) in [7, 11) is 5.90. The second kappa shape index (κ2) is 9.26. The van der Waals surface area contributed by atoms with Crippen molar-refractivity contribution >= 4 is 17.8 Å². The first-order chi connectivity index (χ1) is 17.5. The Morgan fingerprint density at radius 3 is 2.47 bits per heavy atom. The molecule has 0 fully saturated rings. The highest BCUT2D eigenvalue weighted by Gasteiger charge is 2.39. The number of pyridine rings is 1. The highest BCUT2D eigenvalue weighted by atomic mass is 16.5. The normalized spacial score (nSPS) is 16.3. The van der Waals surface area contributed by atoms with E-state index in [4.69, 9.17) is 28.4 Å². The molecule has 1 aromatic heterocycles. The van der Waals surface area contributed by atoms with Crippen LogP contribution in [0.2, 0.25) is 0 Å². The lowest BCUT2D eigenvalue weighted by molar-refractivity contribution is -0.140. The van der Waals surface area contributed by atoms with Crippen LogP contribution in [0.4, 0.5) is 0 Å². The second-order valence-corrected chi connectivity index (χ2v) is 8.08. The molecule has 0 N–H and O–H groups in total. The number of aromatic nitrogens is 1. The quantitative estimate of drug-likeness (QED) is 0.365. The van der Waals surface area contributed by atoms with Gasteiger partial charge in [0, 0.05) is 34.9 Å². The Balaban J connectivity index is 1.61. The molecule has 0 bridgehead atoms. The van der Waals surface area contributed by atoms with E-state index in [1.807, 2.05) is 6.07 Å². The van der Waals surface area contributed by atoms with E-state index in [0.717, 1.165) is 0 Å². The first-order valence-corrected chi connectivity index (χ1v) is 11.1. The number of carbonyl (C=O) groups excluding carboxylic acids is 2. The maximum atomic E-state index is 13.4. The molecule has 36 heavy (non-hydrogen) atoms. The van der Waals surface area contributed by atoms with Gasteiger partial charge in [-0.25, -0.2) is 4.98 Å². The Hall–Kier alpha value is -4.53. The molecule has 0 radical (unpaired) electrons. The molecule has 9 heteroatoms. The maximum Gasteiger partial charge on any atom is 0.306 e. The third kappa shape index (κ3) is 3.78. The second-order valence-electron chi connectivity index (χ2n) is 8.08. The van der Waals surface area contributed by atoms with Crippen LogP contribution in [0.15, 0.2) is 48.4 Å². The minimum absolute atomic E-state index is 0.0299. The Kier molecular flexibility index (Phi) is 5.97. The summed E-state index contributed by atoms with van der Waals surface area (Å²) in [5, 5.41) is 0. The minimum Gasteiger partial charge on any atom is -0.496 e. The number of fused-ring (bicyclic) bond motifs is 4. The number of nitrogens with zero attached hydrogens (tertiary/aromatic N) is 1. The van der Waals surface area contributed by atoms with Crippen LogP contribution in [0, 0.1) is 0 Å². The predicted octanol–water partition coefficient (Wildman–Crippen LogP) is 4.52. The first-order valence-electron chi connectivity index (χ1n) is 11.1. The van der Waals surface area contributed by atoms with E-state index in [1.54, 1.807) is 42.6 Å². The third-order valence-corrected chi connectivity index (χ3v) is 6.19. The summed E-state index contributed by atoms with van der Waals surface area (Å²) in [5.41, 5.74) is 2.23. The largest absolute Gasteiger partial charge is 0.496 e. The lowest BCUT2D eigenvalue weighted by Gasteiger charge is -2.27. The minimum atomic E-state index is -0.470. The number of ether oxygens (including phenoxy) is 6. The molecular weight excluding hydrogens is 466 g/mol. The van der Waals surface area contributed by atoms with E-state index in [0.29, 0.717) is 56.9 Å². The van der Waals surface area contributed by atoms with Gasteiger partial charge in [0.05, 0.1) is 40.4 Å². The Morgan fingerprint density at radius 1 is 1.00 bits per heavy atom. The number of hydrogen-bond acceptors (Lipinski definition) is 9. The fourth-order valence-corrected chi connectivity index (χ4v) is 4.46. The summed E-state index contributed by atoms with van der Waals surface area (Å²) in [4.78, 5) is 30.0. The summed E-state index contributed by atoms with van der Waals surface area (Å²) < 4.78 is 33.3. The number of esters is 1. The van der Waals surface area contributed by atoms with Crippen molar-refractivity contribution < 1.29 is 38.0 Å². The van der Waals surface area contributed by atoms with Crippen molar-refractivity contribution in [3.8, 4) is 34.6 Å². The van der Waals surface area contributed by atoms with Gasteiger partial charge < -0.3 is 28.4 Å². The molecule has 1 unspecified atom stereocenters. The van der Waals surface area contributed by atoms with E-state index in [-0.39, 0.29) is 18.0 Å². The van der Waals surface area contributed by atoms with E-state index >= 15 is 0 Å². The van der Waals surface area contributed by atoms with Gasteiger partial charge in [0.25, 0.3) is 0 Å². The van der Waals surface area contributed by atoms with Crippen molar-refractivity contribution in [3.63, 3.8) is 0 Å². The van der Waals surface area contributed by atoms with Gasteiger partial charge in [-0.1, -0.05) is 6.07 Å². The van der Waals surface area contributed by atoms with Crippen molar-refractivity contribution in [2.24, 2.45) is 0 Å². The number of carbonyl (C=O) groups is 2. The van der Waals surface area contributed by atoms with Gasteiger partial charge >= 0.3 is 5.97 Å². The van der Waals surface area contributed by atoms with Crippen LogP contribution in [-0.2, 0) is 9.53 Å². The molecule has 0 spiro atoms. The molecule has 0 saturated carbocycles. The van der Waals surface area contributed by atoms with Gasteiger partial charge in [0.15, 0.2) is 17.3 Å². The van der Waals surface area contributed by atoms with E-state index in [1.165, 1.54) is 28.4 Å². The molecule has 2 aromatic carbocycles. The SMILES string of the molecule is COC(=O)CC1c2cccnc2Oc2ccc3c(c21)OC(=Cc1cc(OC)c(OC)cc1OC)C3=O. The van der Waals surface area contributed by atoms with Gasteiger partial charge in [-0.05, 0) is 30.3 Å². The number of ketones is 1. The summed E-state index contributed by atoms with van der Waals surface area (Å²) >= 11 is 0. The van der Waals surface area contributed by atoms with Crippen LogP contribution in [0.5, 0.6) is 34.6 Å². The van der Waals surface area contributed by atoms with Crippen LogP contribution in [-0.4, -0.2) is 45.2 Å². The van der Waals surface area contributed by atoms with Crippen LogP contribution < -0.4 is 23.7 Å². The molecule has 0 saturated heterocycles. The zero-order valence-corrected chi connectivity index (χ0v) is 20.1. The molecule has 9 nitrogen and oxygen atoms in total. The van der Waals surface area contributed by atoms with Gasteiger partial charge in [-0.15, -0.1) is 0 Å². The lowest BCUT2D eigenvalue weighted by atomic mass is 9.85. The van der Waals surface area contributed by atoms with Crippen molar-refractivity contribution in [2.45, 2.75) is 12.3 Å². The van der Waals surface area contributed by atoms with E-state index in [2.05, 4.69) is 4.98 Å². The molecule has 0 amide bonds. The average Bonchev–Trinajstić information content (AvgIpc) is 3.22. The molecule has 5 rings (SSSR count). The molecule has 184 valence electrons. The zero-order valence-electron chi connectivity index (χ0n) is 20.1. The number of rotatable bonds is 6.